The molecule has 0 aromatic heterocycles. The molecule has 0 spiro atoms. The fraction of sp³-hybridized carbons (Fsp3) is 0.286. The van der Waals surface area contributed by atoms with Crippen molar-refractivity contribution in [3.05, 3.63) is 101 Å². The van der Waals surface area contributed by atoms with E-state index in [1.54, 1.807) is 55.5 Å². The second-order valence-corrected chi connectivity index (χ2v) is 11.1. The number of anilines is 1. The molecule has 0 aliphatic heterocycles. The Kier molecular flexibility index (Phi) is 9.72. The van der Waals surface area contributed by atoms with Gasteiger partial charge in [0.2, 0.25) is 21.8 Å². The first-order chi connectivity index (χ1) is 17.6. The Hall–Kier alpha value is -3.36. The molecule has 7 nitrogen and oxygen atoms in total. The normalized spacial score (nSPS) is 12.0. The van der Waals surface area contributed by atoms with Crippen LogP contribution in [0, 0.1) is 6.92 Å². The predicted octanol–water partition coefficient (Wildman–Crippen LogP) is 4.19. The lowest BCUT2D eigenvalue weighted by Crippen LogP contribution is -2.53. The van der Waals surface area contributed by atoms with E-state index in [2.05, 4.69) is 5.32 Å². The quantitative estimate of drug-likeness (QED) is 0.394. The molecule has 196 valence electrons. The van der Waals surface area contributed by atoms with Crippen LogP contribution in [-0.4, -0.2) is 50.5 Å². The summed E-state index contributed by atoms with van der Waals surface area (Å²) in [5, 5.41) is 3.28. The zero-order valence-electron chi connectivity index (χ0n) is 21.2. The molecule has 0 unspecified atom stereocenters. The maximum absolute atomic E-state index is 13.9. The van der Waals surface area contributed by atoms with Crippen LogP contribution in [0.1, 0.15) is 23.6 Å². The van der Waals surface area contributed by atoms with Crippen LogP contribution in [0.4, 0.5) is 5.69 Å². The van der Waals surface area contributed by atoms with E-state index >= 15 is 0 Å². The number of benzene rings is 3. The maximum Gasteiger partial charge on any atom is 0.244 e. The molecule has 0 aliphatic rings. The highest BCUT2D eigenvalue weighted by Crippen LogP contribution is 2.23. The van der Waals surface area contributed by atoms with Crippen LogP contribution >= 0.6 is 11.6 Å². The summed E-state index contributed by atoms with van der Waals surface area (Å²) in [6, 6.07) is 22.5. The van der Waals surface area contributed by atoms with Crippen LogP contribution in [0.3, 0.4) is 0 Å². The van der Waals surface area contributed by atoms with E-state index in [4.69, 9.17) is 11.6 Å². The fourth-order valence-electron chi connectivity index (χ4n) is 3.98. The molecule has 3 aromatic rings. The van der Waals surface area contributed by atoms with Gasteiger partial charge in [0.15, 0.2) is 0 Å². The molecule has 37 heavy (non-hydrogen) atoms. The second-order valence-electron chi connectivity index (χ2n) is 8.82. The van der Waals surface area contributed by atoms with Gasteiger partial charge >= 0.3 is 0 Å². The third-order valence-corrected chi connectivity index (χ3v) is 7.43. The van der Waals surface area contributed by atoms with Crippen LogP contribution in [0.15, 0.2) is 78.9 Å². The van der Waals surface area contributed by atoms with Crippen molar-refractivity contribution in [2.45, 2.75) is 32.9 Å². The van der Waals surface area contributed by atoms with E-state index in [1.165, 1.54) is 4.90 Å². The van der Waals surface area contributed by atoms with E-state index in [-0.39, 0.29) is 18.9 Å². The zero-order valence-corrected chi connectivity index (χ0v) is 22.8. The molecule has 9 heteroatoms. The van der Waals surface area contributed by atoms with Gasteiger partial charge < -0.3 is 10.2 Å². The molecular weight excluding hydrogens is 510 g/mol. The van der Waals surface area contributed by atoms with Gasteiger partial charge in [-0.3, -0.25) is 13.9 Å². The van der Waals surface area contributed by atoms with E-state index in [0.717, 1.165) is 21.7 Å². The lowest BCUT2D eigenvalue weighted by Gasteiger charge is -2.33. The molecule has 0 aliphatic carbocycles. The Labute approximate surface area is 224 Å². The molecule has 0 saturated carbocycles. The maximum atomic E-state index is 13.9. The number of amides is 2. The van der Waals surface area contributed by atoms with Gasteiger partial charge in [0, 0.05) is 24.5 Å². The van der Waals surface area contributed by atoms with Crippen molar-refractivity contribution in [2.24, 2.45) is 0 Å². The van der Waals surface area contributed by atoms with Gasteiger partial charge in [0.1, 0.15) is 12.6 Å². The number of carbonyl (C=O) groups is 2. The standard InChI is InChI=1S/C28H32ClN3O4S/c1-4-30-28(34)26(18-22-10-6-5-7-11-22)31(19-23-12-8-9-13-25(23)29)27(33)20-32(37(3,35)36)24-16-14-21(2)15-17-24/h5-17,26H,4,18-20H2,1-3H3,(H,30,34)/t26-/m0/s1. The molecule has 1 atom stereocenters. The Morgan fingerprint density at radius 2 is 1.57 bits per heavy atom. The Morgan fingerprint density at radius 3 is 2.16 bits per heavy atom. The van der Waals surface area contributed by atoms with Gasteiger partial charge in [-0.25, -0.2) is 8.42 Å². The van der Waals surface area contributed by atoms with E-state index in [0.29, 0.717) is 22.8 Å². The molecule has 0 fully saturated rings. The number of nitrogens with zero attached hydrogens (tertiary/aromatic N) is 2. The number of likely N-dealkylation sites (N-methyl/N-ethyl adjacent to an activating group) is 1. The number of aryl methyl sites for hydroxylation is 1. The van der Waals surface area contributed by atoms with Gasteiger partial charge in [-0.05, 0) is 43.2 Å². The molecule has 0 heterocycles. The highest BCUT2D eigenvalue weighted by molar-refractivity contribution is 7.92. The van der Waals surface area contributed by atoms with Crippen LogP contribution in [0.2, 0.25) is 5.02 Å². The first-order valence-corrected chi connectivity index (χ1v) is 14.2. The third kappa shape index (κ3) is 7.81. The highest BCUT2D eigenvalue weighted by atomic mass is 35.5. The van der Waals surface area contributed by atoms with Crippen molar-refractivity contribution < 1.29 is 18.0 Å². The lowest BCUT2D eigenvalue weighted by molar-refractivity contribution is -0.140. The lowest BCUT2D eigenvalue weighted by atomic mass is 10.0. The highest BCUT2D eigenvalue weighted by Gasteiger charge is 2.33. The molecule has 3 rings (SSSR count). The number of carbonyl (C=O) groups excluding carboxylic acids is 2. The number of nitrogens with one attached hydrogen (secondary N) is 1. The van der Waals surface area contributed by atoms with Crippen molar-refractivity contribution in [3.63, 3.8) is 0 Å². The number of hydrogen-bond acceptors (Lipinski definition) is 4. The SMILES string of the molecule is CCNC(=O)[C@H](Cc1ccccc1)N(Cc1ccccc1Cl)C(=O)CN(c1ccc(C)cc1)S(C)(=O)=O. The summed E-state index contributed by atoms with van der Waals surface area (Å²) < 4.78 is 26.5. The van der Waals surface area contributed by atoms with Crippen LogP contribution in [0.5, 0.6) is 0 Å². The Morgan fingerprint density at radius 1 is 0.946 bits per heavy atom. The molecular formula is C28H32ClN3O4S. The smallest absolute Gasteiger partial charge is 0.244 e. The molecule has 0 bridgehead atoms. The molecule has 2 amide bonds. The van der Waals surface area contributed by atoms with Gasteiger partial charge in [-0.1, -0.05) is 77.8 Å². The summed E-state index contributed by atoms with van der Waals surface area (Å²) in [4.78, 5) is 28.6. The minimum Gasteiger partial charge on any atom is -0.355 e. The van der Waals surface area contributed by atoms with Gasteiger partial charge in [0.05, 0.1) is 11.9 Å². The molecule has 1 N–H and O–H groups in total. The van der Waals surface area contributed by atoms with E-state index in [1.807, 2.05) is 37.3 Å². The summed E-state index contributed by atoms with van der Waals surface area (Å²) in [5.41, 5.74) is 2.86. The van der Waals surface area contributed by atoms with Crippen molar-refractivity contribution >= 4 is 39.1 Å². The van der Waals surface area contributed by atoms with Crippen molar-refractivity contribution in [1.29, 1.82) is 0 Å². The number of halogens is 1. The van der Waals surface area contributed by atoms with Crippen molar-refractivity contribution in [3.8, 4) is 0 Å². The number of sulfonamides is 1. The average Bonchev–Trinajstić information content (AvgIpc) is 2.86. The van der Waals surface area contributed by atoms with Crippen molar-refractivity contribution in [2.75, 3.05) is 23.7 Å². The van der Waals surface area contributed by atoms with Crippen LogP contribution in [0.25, 0.3) is 0 Å². The topological polar surface area (TPSA) is 86.8 Å². The number of hydrogen-bond donors (Lipinski definition) is 1. The summed E-state index contributed by atoms with van der Waals surface area (Å²) in [6.07, 6.45) is 1.32. The summed E-state index contributed by atoms with van der Waals surface area (Å²) in [6.45, 7) is 3.67. The fourth-order valence-corrected chi connectivity index (χ4v) is 5.03. The third-order valence-electron chi connectivity index (χ3n) is 5.92. The largest absolute Gasteiger partial charge is 0.355 e. The molecule has 0 radical (unpaired) electrons. The van der Waals surface area contributed by atoms with Gasteiger partial charge in [0.25, 0.3) is 0 Å². The van der Waals surface area contributed by atoms with Gasteiger partial charge in [-0.15, -0.1) is 0 Å². The van der Waals surface area contributed by atoms with Crippen molar-refractivity contribution in [1.82, 2.24) is 10.2 Å². The minimum absolute atomic E-state index is 0.0403. The van der Waals surface area contributed by atoms with E-state index < -0.39 is 28.5 Å². The number of rotatable bonds is 11. The monoisotopic (exact) mass is 541 g/mol. The molecule has 3 aromatic carbocycles. The van der Waals surface area contributed by atoms with Crippen LogP contribution < -0.4 is 9.62 Å². The van der Waals surface area contributed by atoms with Gasteiger partial charge in [-0.2, -0.15) is 0 Å². The predicted molar refractivity (Wildman–Crippen MR) is 148 cm³/mol. The average molecular weight is 542 g/mol. The first-order valence-electron chi connectivity index (χ1n) is 12.0. The van der Waals surface area contributed by atoms with E-state index in [9.17, 15) is 18.0 Å². The zero-order chi connectivity index (χ0) is 27.0. The summed E-state index contributed by atoms with van der Waals surface area (Å²) in [5.74, 6) is -0.842. The minimum atomic E-state index is -3.80. The summed E-state index contributed by atoms with van der Waals surface area (Å²) in [7, 11) is -3.80. The van der Waals surface area contributed by atoms with Crippen LogP contribution in [-0.2, 0) is 32.6 Å². The Bertz CT molecular complexity index is 1310. The molecule has 0 saturated heterocycles. The first kappa shape index (κ1) is 28.2. The second kappa shape index (κ2) is 12.7. The summed E-state index contributed by atoms with van der Waals surface area (Å²) >= 11 is 6.42. The Balaban J connectivity index is 2.04.